The number of aryl methyl sites for hydroxylation is 1. The van der Waals surface area contributed by atoms with Gasteiger partial charge in [-0.25, -0.2) is 9.78 Å². The van der Waals surface area contributed by atoms with E-state index in [4.69, 9.17) is 0 Å². The van der Waals surface area contributed by atoms with Gasteiger partial charge in [-0.05, 0) is 13.0 Å². The van der Waals surface area contributed by atoms with Crippen molar-refractivity contribution in [2.45, 2.75) is 6.92 Å². The first-order valence-electron chi connectivity index (χ1n) is 5.44. The molecule has 0 spiro atoms. The molecule has 2 aromatic heterocycles. The first-order valence-corrected chi connectivity index (χ1v) is 6.25. The molecule has 0 aliphatic rings. The Bertz CT molecular complexity index is 742. The van der Waals surface area contributed by atoms with Crippen LogP contribution in [0.5, 0.6) is 0 Å². The van der Waals surface area contributed by atoms with E-state index in [0.29, 0.717) is 5.69 Å². The van der Waals surface area contributed by atoms with E-state index in [-0.39, 0.29) is 4.88 Å². The maximum Gasteiger partial charge on any atom is 0.348 e. The van der Waals surface area contributed by atoms with Gasteiger partial charge in [-0.15, -0.1) is 11.3 Å². The maximum atomic E-state index is 11.2. The van der Waals surface area contributed by atoms with Gasteiger partial charge in [0.05, 0.1) is 10.7 Å². The van der Waals surface area contributed by atoms with Crippen molar-refractivity contribution in [3.63, 3.8) is 0 Å². The maximum absolute atomic E-state index is 11.2. The fourth-order valence-corrected chi connectivity index (χ4v) is 2.79. The van der Waals surface area contributed by atoms with Crippen molar-refractivity contribution in [3.05, 3.63) is 40.3 Å². The van der Waals surface area contributed by atoms with Crippen molar-refractivity contribution in [2.24, 2.45) is 0 Å². The molecule has 3 aromatic rings. The van der Waals surface area contributed by atoms with Crippen LogP contribution in [0.15, 0.2) is 30.5 Å². The number of aromatic nitrogens is 2. The van der Waals surface area contributed by atoms with Gasteiger partial charge >= 0.3 is 5.97 Å². The van der Waals surface area contributed by atoms with E-state index in [0.717, 1.165) is 21.5 Å². The highest BCUT2D eigenvalue weighted by Gasteiger charge is 2.19. The number of aromatic amines is 1. The van der Waals surface area contributed by atoms with E-state index in [9.17, 15) is 9.90 Å². The molecular formula is C13H10N2O2S. The fraction of sp³-hybridized carbons (Fsp3) is 0.0769. The summed E-state index contributed by atoms with van der Waals surface area (Å²) in [5.41, 5.74) is 2.37. The first kappa shape index (κ1) is 11.0. The van der Waals surface area contributed by atoms with Crippen LogP contribution >= 0.6 is 11.3 Å². The van der Waals surface area contributed by atoms with E-state index in [2.05, 4.69) is 9.97 Å². The van der Waals surface area contributed by atoms with E-state index < -0.39 is 5.97 Å². The van der Waals surface area contributed by atoms with Crippen LogP contribution in [-0.4, -0.2) is 21.0 Å². The standard InChI is InChI=1S/C13H10N2O2S/c1-7-15-11(12(18-7)13(16)17)9-6-14-10-5-3-2-4-8(9)10/h2-6,14H,1H3,(H,16,17). The molecule has 5 heteroatoms. The quantitative estimate of drug-likeness (QED) is 0.741. The fourth-order valence-electron chi connectivity index (χ4n) is 2.02. The Morgan fingerprint density at radius 1 is 1.39 bits per heavy atom. The third-order valence-electron chi connectivity index (χ3n) is 2.77. The molecule has 0 unspecified atom stereocenters. The number of benzene rings is 1. The Morgan fingerprint density at radius 3 is 2.94 bits per heavy atom. The zero-order valence-corrected chi connectivity index (χ0v) is 10.4. The van der Waals surface area contributed by atoms with Gasteiger partial charge in [0.15, 0.2) is 0 Å². The van der Waals surface area contributed by atoms with Gasteiger partial charge in [-0.1, -0.05) is 18.2 Å². The highest BCUT2D eigenvalue weighted by atomic mass is 32.1. The van der Waals surface area contributed by atoms with Gasteiger partial charge in [-0.2, -0.15) is 0 Å². The number of aromatic carboxylic acids is 1. The Labute approximate surface area is 107 Å². The Kier molecular flexibility index (Phi) is 2.41. The molecule has 0 fully saturated rings. The molecule has 3 rings (SSSR count). The van der Waals surface area contributed by atoms with E-state index >= 15 is 0 Å². The molecule has 0 amide bonds. The number of carbonyl (C=O) groups is 1. The van der Waals surface area contributed by atoms with Crippen molar-refractivity contribution in [1.29, 1.82) is 0 Å². The lowest BCUT2D eigenvalue weighted by molar-refractivity contribution is 0.0702. The summed E-state index contributed by atoms with van der Waals surface area (Å²) in [5.74, 6) is -0.930. The summed E-state index contributed by atoms with van der Waals surface area (Å²) in [4.78, 5) is 19.0. The van der Waals surface area contributed by atoms with Crippen molar-refractivity contribution in [2.75, 3.05) is 0 Å². The van der Waals surface area contributed by atoms with Gasteiger partial charge in [0.25, 0.3) is 0 Å². The first-order chi connectivity index (χ1) is 8.66. The van der Waals surface area contributed by atoms with Crippen LogP contribution in [0.1, 0.15) is 14.7 Å². The summed E-state index contributed by atoms with van der Waals surface area (Å²) in [6.07, 6.45) is 1.81. The zero-order valence-electron chi connectivity index (χ0n) is 9.60. The lowest BCUT2D eigenvalue weighted by Crippen LogP contribution is -1.94. The second-order valence-corrected chi connectivity index (χ2v) is 5.17. The van der Waals surface area contributed by atoms with Crippen molar-refractivity contribution in [1.82, 2.24) is 9.97 Å². The zero-order chi connectivity index (χ0) is 12.7. The average molecular weight is 258 g/mol. The minimum absolute atomic E-state index is 0.289. The van der Waals surface area contributed by atoms with Crippen LogP contribution in [0, 0.1) is 6.92 Å². The monoisotopic (exact) mass is 258 g/mol. The molecule has 0 bridgehead atoms. The van der Waals surface area contributed by atoms with Crippen LogP contribution in [0.2, 0.25) is 0 Å². The number of carboxylic acid groups (broad SMARTS) is 1. The lowest BCUT2D eigenvalue weighted by Gasteiger charge is -1.96. The SMILES string of the molecule is Cc1nc(-c2c[nH]c3ccccc23)c(C(=O)O)s1. The normalized spacial score (nSPS) is 10.9. The largest absolute Gasteiger partial charge is 0.477 e. The highest BCUT2D eigenvalue weighted by molar-refractivity contribution is 7.14. The third kappa shape index (κ3) is 1.60. The Balaban J connectivity index is 2.29. The second-order valence-electron chi connectivity index (χ2n) is 3.96. The smallest absolute Gasteiger partial charge is 0.348 e. The van der Waals surface area contributed by atoms with Crippen LogP contribution in [0.25, 0.3) is 22.2 Å². The number of carboxylic acids is 1. The van der Waals surface area contributed by atoms with Crippen LogP contribution < -0.4 is 0 Å². The Hall–Kier alpha value is -2.14. The van der Waals surface area contributed by atoms with Gasteiger partial charge < -0.3 is 10.1 Å². The molecule has 0 atom stereocenters. The number of para-hydroxylation sites is 1. The molecule has 90 valence electrons. The summed E-state index contributed by atoms with van der Waals surface area (Å²) < 4.78 is 0. The highest BCUT2D eigenvalue weighted by Crippen LogP contribution is 2.33. The molecular weight excluding hydrogens is 248 g/mol. The summed E-state index contributed by atoms with van der Waals surface area (Å²) in [7, 11) is 0. The predicted molar refractivity (Wildman–Crippen MR) is 71.1 cm³/mol. The molecule has 0 aliphatic heterocycles. The van der Waals surface area contributed by atoms with Crippen LogP contribution in [0.4, 0.5) is 0 Å². The summed E-state index contributed by atoms with van der Waals surface area (Å²) in [6.45, 7) is 1.81. The molecule has 18 heavy (non-hydrogen) atoms. The van der Waals surface area contributed by atoms with Gasteiger partial charge in [0.2, 0.25) is 0 Å². The summed E-state index contributed by atoms with van der Waals surface area (Å²) >= 11 is 1.20. The molecule has 0 saturated heterocycles. The number of nitrogens with one attached hydrogen (secondary N) is 1. The minimum atomic E-state index is -0.930. The second kappa shape index (κ2) is 3.96. The Morgan fingerprint density at radius 2 is 2.17 bits per heavy atom. The molecule has 2 heterocycles. The minimum Gasteiger partial charge on any atom is -0.477 e. The number of hydrogen-bond acceptors (Lipinski definition) is 3. The van der Waals surface area contributed by atoms with Crippen LogP contribution in [0.3, 0.4) is 0 Å². The van der Waals surface area contributed by atoms with Gasteiger partial charge in [0, 0.05) is 22.7 Å². The number of nitrogens with zero attached hydrogens (tertiary/aromatic N) is 1. The lowest BCUT2D eigenvalue weighted by atomic mass is 10.1. The van der Waals surface area contributed by atoms with Gasteiger partial charge in [0.1, 0.15) is 4.88 Å². The third-order valence-corrected chi connectivity index (χ3v) is 3.73. The van der Waals surface area contributed by atoms with E-state index in [1.54, 1.807) is 0 Å². The molecule has 4 nitrogen and oxygen atoms in total. The molecule has 1 aromatic carbocycles. The molecule has 0 radical (unpaired) electrons. The van der Waals surface area contributed by atoms with Crippen molar-refractivity contribution >= 4 is 28.2 Å². The summed E-state index contributed by atoms with van der Waals surface area (Å²) in [5, 5.41) is 11.0. The number of rotatable bonds is 2. The van der Waals surface area contributed by atoms with Crippen molar-refractivity contribution < 1.29 is 9.90 Å². The predicted octanol–water partition coefficient (Wildman–Crippen LogP) is 3.30. The number of thiazole rings is 1. The number of hydrogen-bond donors (Lipinski definition) is 2. The topological polar surface area (TPSA) is 66.0 Å². The van der Waals surface area contributed by atoms with Gasteiger partial charge in [-0.3, -0.25) is 0 Å². The average Bonchev–Trinajstić information content (AvgIpc) is 2.92. The van der Waals surface area contributed by atoms with Crippen molar-refractivity contribution in [3.8, 4) is 11.3 Å². The molecule has 2 N–H and O–H groups in total. The molecule has 0 saturated carbocycles. The van der Waals surface area contributed by atoms with E-state index in [1.807, 2.05) is 37.4 Å². The molecule has 0 aliphatic carbocycles. The van der Waals surface area contributed by atoms with E-state index in [1.165, 1.54) is 11.3 Å². The van der Waals surface area contributed by atoms with Crippen LogP contribution in [-0.2, 0) is 0 Å². The summed E-state index contributed by atoms with van der Waals surface area (Å²) in [6, 6.07) is 7.78. The number of fused-ring (bicyclic) bond motifs is 1. The number of H-pyrrole nitrogens is 1.